The lowest BCUT2D eigenvalue weighted by Gasteiger charge is -2.21. The molecule has 2 N–H and O–H groups in total. The highest BCUT2D eigenvalue weighted by Crippen LogP contribution is 2.26. The highest BCUT2D eigenvalue weighted by atomic mass is 35.5. The topological polar surface area (TPSA) is 40.5 Å². The van der Waals surface area contributed by atoms with Crippen LogP contribution in [0.5, 0.6) is 0 Å². The molecule has 0 aromatic heterocycles. The molecule has 3 heteroatoms. The summed E-state index contributed by atoms with van der Waals surface area (Å²) in [6, 6.07) is 6.92. The van der Waals surface area contributed by atoms with Gasteiger partial charge in [-0.15, -0.1) is 0 Å². The predicted octanol–water partition coefficient (Wildman–Crippen LogP) is 1.54. The minimum Gasteiger partial charge on any atom is -0.393 e. The summed E-state index contributed by atoms with van der Waals surface area (Å²) in [6.07, 6.45) is 0. The van der Waals surface area contributed by atoms with E-state index in [1.807, 2.05) is 0 Å². The summed E-state index contributed by atoms with van der Waals surface area (Å²) in [7, 11) is 0. The zero-order valence-electron chi connectivity index (χ0n) is 6.79. The van der Waals surface area contributed by atoms with Crippen molar-refractivity contribution in [3.8, 4) is 0 Å². The maximum absolute atomic E-state index is 9.64. The van der Waals surface area contributed by atoms with Crippen LogP contribution in [0.4, 0.5) is 0 Å². The van der Waals surface area contributed by atoms with Crippen LogP contribution in [0.25, 0.3) is 0 Å². The molecular weight excluding hydrogens is 176 g/mol. The van der Waals surface area contributed by atoms with Crippen molar-refractivity contribution < 1.29 is 10.2 Å². The summed E-state index contributed by atoms with van der Waals surface area (Å²) < 4.78 is 0. The third kappa shape index (κ3) is 1.78. The van der Waals surface area contributed by atoms with Gasteiger partial charge in [0, 0.05) is 10.6 Å². The van der Waals surface area contributed by atoms with Gasteiger partial charge in [-0.25, -0.2) is 0 Å². The number of hydrogen-bond acceptors (Lipinski definition) is 2. The molecule has 0 saturated carbocycles. The largest absolute Gasteiger partial charge is 0.393 e. The Balaban J connectivity index is 3.10. The van der Waals surface area contributed by atoms with Gasteiger partial charge in [-0.3, -0.25) is 0 Å². The van der Waals surface area contributed by atoms with Crippen LogP contribution in [0.1, 0.15) is 12.5 Å². The van der Waals surface area contributed by atoms with Gasteiger partial charge in [-0.05, 0) is 13.0 Å². The Bertz CT molecular complexity index is 271. The van der Waals surface area contributed by atoms with Crippen LogP contribution >= 0.6 is 11.6 Å². The summed E-state index contributed by atoms with van der Waals surface area (Å²) in [6.45, 7) is 1.19. The SMILES string of the molecule is CC(O)(CO)c1ccccc1Cl. The Kier molecular flexibility index (Phi) is 2.73. The van der Waals surface area contributed by atoms with Gasteiger partial charge in [0.25, 0.3) is 0 Å². The standard InChI is InChI=1S/C9H11ClO2/c1-9(12,6-11)7-4-2-3-5-8(7)10/h2-5,11-12H,6H2,1H3. The molecule has 0 heterocycles. The van der Waals surface area contributed by atoms with Crippen LogP contribution in [0, 0.1) is 0 Å². The van der Waals surface area contributed by atoms with Crippen molar-refractivity contribution in [2.75, 3.05) is 6.61 Å². The van der Waals surface area contributed by atoms with Gasteiger partial charge >= 0.3 is 0 Å². The number of hydrogen-bond donors (Lipinski definition) is 2. The molecule has 0 bridgehead atoms. The molecule has 1 atom stereocenters. The van der Waals surface area contributed by atoms with Gasteiger partial charge in [0.1, 0.15) is 5.60 Å². The fourth-order valence-corrected chi connectivity index (χ4v) is 1.32. The number of halogens is 1. The second kappa shape index (κ2) is 3.44. The van der Waals surface area contributed by atoms with Gasteiger partial charge in [-0.1, -0.05) is 29.8 Å². The zero-order chi connectivity index (χ0) is 9.19. The molecule has 1 aromatic carbocycles. The first-order valence-corrected chi connectivity index (χ1v) is 4.04. The maximum atomic E-state index is 9.64. The van der Waals surface area contributed by atoms with Crippen LogP contribution < -0.4 is 0 Å². The molecule has 12 heavy (non-hydrogen) atoms. The molecule has 0 aliphatic carbocycles. The van der Waals surface area contributed by atoms with E-state index in [1.54, 1.807) is 24.3 Å². The van der Waals surface area contributed by atoms with Gasteiger partial charge in [-0.2, -0.15) is 0 Å². The predicted molar refractivity (Wildman–Crippen MR) is 48.1 cm³/mol. The van der Waals surface area contributed by atoms with E-state index >= 15 is 0 Å². The fraction of sp³-hybridized carbons (Fsp3) is 0.333. The lowest BCUT2D eigenvalue weighted by atomic mass is 9.97. The Labute approximate surface area is 76.4 Å². The number of rotatable bonds is 2. The molecule has 1 rings (SSSR count). The summed E-state index contributed by atoms with van der Waals surface area (Å²) in [5, 5.41) is 19.0. The molecule has 0 aliphatic rings. The van der Waals surface area contributed by atoms with E-state index in [2.05, 4.69) is 0 Å². The zero-order valence-corrected chi connectivity index (χ0v) is 7.54. The molecule has 2 nitrogen and oxygen atoms in total. The summed E-state index contributed by atoms with van der Waals surface area (Å²) in [5.74, 6) is 0. The van der Waals surface area contributed by atoms with Crippen LogP contribution in [0.15, 0.2) is 24.3 Å². The molecule has 1 unspecified atom stereocenters. The molecule has 0 amide bonds. The first-order chi connectivity index (χ1) is 5.58. The fourth-order valence-electron chi connectivity index (χ4n) is 0.983. The summed E-state index contributed by atoms with van der Waals surface area (Å²) in [5.41, 5.74) is -0.701. The molecule has 0 aliphatic heterocycles. The molecule has 1 aromatic rings. The van der Waals surface area contributed by atoms with Crippen LogP contribution in [0.2, 0.25) is 5.02 Å². The van der Waals surface area contributed by atoms with Gasteiger partial charge in [0.2, 0.25) is 0 Å². The van der Waals surface area contributed by atoms with Crippen molar-refractivity contribution in [1.29, 1.82) is 0 Å². The second-order valence-corrected chi connectivity index (χ2v) is 3.32. The highest BCUT2D eigenvalue weighted by molar-refractivity contribution is 6.31. The molecular formula is C9H11ClO2. The van der Waals surface area contributed by atoms with E-state index in [1.165, 1.54) is 6.92 Å². The van der Waals surface area contributed by atoms with Crippen molar-refractivity contribution >= 4 is 11.6 Å². The smallest absolute Gasteiger partial charge is 0.111 e. The minimum atomic E-state index is -1.25. The van der Waals surface area contributed by atoms with E-state index in [9.17, 15) is 5.11 Å². The van der Waals surface area contributed by atoms with Crippen LogP contribution in [-0.4, -0.2) is 16.8 Å². The average Bonchev–Trinajstić information content (AvgIpc) is 2.05. The number of aliphatic hydroxyl groups is 2. The third-order valence-corrected chi connectivity index (χ3v) is 2.09. The lowest BCUT2D eigenvalue weighted by Crippen LogP contribution is -2.26. The third-order valence-electron chi connectivity index (χ3n) is 1.76. The van der Waals surface area contributed by atoms with Crippen molar-refractivity contribution in [2.45, 2.75) is 12.5 Å². The first-order valence-electron chi connectivity index (χ1n) is 3.66. The van der Waals surface area contributed by atoms with Gasteiger partial charge in [0.05, 0.1) is 6.61 Å². The molecule has 0 spiro atoms. The number of benzene rings is 1. The van der Waals surface area contributed by atoms with Crippen molar-refractivity contribution in [3.63, 3.8) is 0 Å². The van der Waals surface area contributed by atoms with E-state index in [0.717, 1.165) is 0 Å². The minimum absolute atomic E-state index is 0.337. The van der Waals surface area contributed by atoms with Crippen molar-refractivity contribution in [3.05, 3.63) is 34.9 Å². The van der Waals surface area contributed by atoms with E-state index in [-0.39, 0.29) is 6.61 Å². The Morgan fingerprint density at radius 3 is 2.50 bits per heavy atom. The molecule has 66 valence electrons. The molecule has 0 fully saturated rings. The summed E-state index contributed by atoms with van der Waals surface area (Å²) in [4.78, 5) is 0. The normalized spacial score (nSPS) is 15.7. The maximum Gasteiger partial charge on any atom is 0.111 e. The number of aliphatic hydroxyl groups excluding tert-OH is 1. The second-order valence-electron chi connectivity index (χ2n) is 2.91. The monoisotopic (exact) mass is 186 g/mol. The lowest BCUT2D eigenvalue weighted by molar-refractivity contribution is -0.00219. The van der Waals surface area contributed by atoms with Crippen LogP contribution in [0.3, 0.4) is 0 Å². The van der Waals surface area contributed by atoms with Crippen LogP contribution in [-0.2, 0) is 5.60 Å². The van der Waals surface area contributed by atoms with E-state index in [4.69, 9.17) is 16.7 Å². The van der Waals surface area contributed by atoms with Gasteiger partial charge < -0.3 is 10.2 Å². The van der Waals surface area contributed by atoms with E-state index in [0.29, 0.717) is 10.6 Å². The van der Waals surface area contributed by atoms with Gasteiger partial charge in [0.15, 0.2) is 0 Å². The molecule has 0 saturated heterocycles. The molecule has 0 radical (unpaired) electrons. The first kappa shape index (κ1) is 9.52. The van der Waals surface area contributed by atoms with Crippen molar-refractivity contribution in [2.24, 2.45) is 0 Å². The Morgan fingerprint density at radius 2 is 2.00 bits per heavy atom. The quantitative estimate of drug-likeness (QED) is 0.736. The Hall–Kier alpha value is -0.570. The Morgan fingerprint density at radius 1 is 1.42 bits per heavy atom. The van der Waals surface area contributed by atoms with E-state index < -0.39 is 5.60 Å². The highest BCUT2D eigenvalue weighted by Gasteiger charge is 2.23. The summed E-state index contributed by atoms with van der Waals surface area (Å²) >= 11 is 5.82. The average molecular weight is 187 g/mol. The van der Waals surface area contributed by atoms with Crippen molar-refractivity contribution in [1.82, 2.24) is 0 Å².